The van der Waals surface area contributed by atoms with Crippen LogP contribution in [0.4, 0.5) is 5.82 Å². The van der Waals surface area contributed by atoms with Crippen molar-refractivity contribution in [1.82, 2.24) is 15.3 Å². The summed E-state index contributed by atoms with van der Waals surface area (Å²) in [5, 5.41) is 3.72. The van der Waals surface area contributed by atoms with Gasteiger partial charge in [-0.2, -0.15) is 0 Å². The molecule has 0 saturated carbocycles. The summed E-state index contributed by atoms with van der Waals surface area (Å²) < 4.78 is 0. The fraction of sp³-hybridized carbons (Fsp3) is 0.261. The number of benzene rings is 2. The van der Waals surface area contributed by atoms with Crippen LogP contribution in [0.2, 0.25) is 0 Å². The number of anilines is 1. The summed E-state index contributed by atoms with van der Waals surface area (Å²) in [7, 11) is 3.98. The largest absolute Gasteiger partial charge is 0.362 e. The molecule has 0 unspecified atom stereocenters. The van der Waals surface area contributed by atoms with E-state index in [-0.39, 0.29) is 5.91 Å². The van der Waals surface area contributed by atoms with E-state index >= 15 is 0 Å². The van der Waals surface area contributed by atoms with E-state index in [1.165, 1.54) is 0 Å². The Morgan fingerprint density at radius 3 is 2.31 bits per heavy atom. The van der Waals surface area contributed by atoms with Gasteiger partial charge in [-0.1, -0.05) is 54.2 Å². The second-order valence-corrected chi connectivity index (χ2v) is 8.03. The Morgan fingerprint density at radius 2 is 1.66 bits per heavy atom. The predicted octanol–water partition coefficient (Wildman–Crippen LogP) is 4.38. The SMILES string of the molecule is Cc1nc(SCc2ccc(C(=O)NCc3ccccc3)cc2)nc(N(C)C)c1C. The van der Waals surface area contributed by atoms with E-state index in [9.17, 15) is 4.79 Å². The van der Waals surface area contributed by atoms with Crippen molar-refractivity contribution < 1.29 is 4.79 Å². The molecule has 150 valence electrons. The van der Waals surface area contributed by atoms with Crippen LogP contribution in [-0.4, -0.2) is 30.0 Å². The summed E-state index contributed by atoms with van der Waals surface area (Å²) in [6, 6.07) is 17.6. The topological polar surface area (TPSA) is 58.1 Å². The Morgan fingerprint density at radius 1 is 0.966 bits per heavy atom. The van der Waals surface area contributed by atoms with E-state index in [0.717, 1.165) is 39.1 Å². The number of hydrogen-bond acceptors (Lipinski definition) is 5. The van der Waals surface area contributed by atoms with Crippen LogP contribution >= 0.6 is 11.8 Å². The monoisotopic (exact) mass is 406 g/mol. The Kier molecular flexibility index (Phi) is 6.88. The lowest BCUT2D eigenvalue weighted by Gasteiger charge is -2.16. The summed E-state index contributed by atoms with van der Waals surface area (Å²) in [5.41, 5.74) is 4.97. The second kappa shape index (κ2) is 9.56. The van der Waals surface area contributed by atoms with Gasteiger partial charge in [0, 0.05) is 43.2 Å². The molecule has 0 aliphatic rings. The second-order valence-electron chi connectivity index (χ2n) is 7.09. The van der Waals surface area contributed by atoms with Gasteiger partial charge in [0.15, 0.2) is 5.16 Å². The van der Waals surface area contributed by atoms with Gasteiger partial charge in [-0.3, -0.25) is 4.79 Å². The summed E-state index contributed by atoms with van der Waals surface area (Å²) >= 11 is 1.60. The van der Waals surface area contributed by atoms with E-state index in [1.807, 2.05) is 87.4 Å². The first-order chi connectivity index (χ1) is 13.9. The number of hydrogen-bond donors (Lipinski definition) is 1. The van der Waals surface area contributed by atoms with Crippen LogP contribution in [0.5, 0.6) is 0 Å². The molecule has 2 aromatic carbocycles. The number of amides is 1. The van der Waals surface area contributed by atoms with Crippen molar-refractivity contribution in [2.75, 3.05) is 19.0 Å². The zero-order chi connectivity index (χ0) is 20.8. The third-order valence-corrected chi connectivity index (χ3v) is 5.57. The highest BCUT2D eigenvalue weighted by Crippen LogP contribution is 2.25. The molecule has 1 heterocycles. The molecule has 5 nitrogen and oxygen atoms in total. The van der Waals surface area contributed by atoms with Crippen LogP contribution in [0.25, 0.3) is 0 Å². The fourth-order valence-corrected chi connectivity index (χ4v) is 3.71. The van der Waals surface area contributed by atoms with E-state index in [1.54, 1.807) is 11.8 Å². The summed E-state index contributed by atoms with van der Waals surface area (Å²) in [6.45, 7) is 4.58. The number of rotatable bonds is 7. The first-order valence-electron chi connectivity index (χ1n) is 9.50. The average molecular weight is 407 g/mol. The predicted molar refractivity (Wildman–Crippen MR) is 119 cm³/mol. The Balaban J connectivity index is 1.59. The first kappa shape index (κ1) is 20.9. The van der Waals surface area contributed by atoms with Gasteiger partial charge in [-0.15, -0.1) is 0 Å². The molecule has 29 heavy (non-hydrogen) atoms. The molecule has 0 aliphatic heterocycles. The maximum absolute atomic E-state index is 12.3. The van der Waals surface area contributed by atoms with Crippen molar-refractivity contribution >= 4 is 23.5 Å². The first-order valence-corrected chi connectivity index (χ1v) is 10.5. The minimum Gasteiger partial charge on any atom is -0.362 e. The van der Waals surface area contributed by atoms with Gasteiger partial charge >= 0.3 is 0 Å². The smallest absolute Gasteiger partial charge is 0.251 e. The minimum atomic E-state index is -0.0684. The number of aromatic nitrogens is 2. The van der Waals surface area contributed by atoms with Crippen molar-refractivity contribution in [2.24, 2.45) is 0 Å². The van der Waals surface area contributed by atoms with Crippen molar-refractivity contribution in [3.63, 3.8) is 0 Å². The van der Waals surface area contributed by atoms with Crippen LogP contribution in [0.15, 0.2) is 59.8 Å². The molecule has 0 atom stereocenters. The van der Waals surface area contributed by atoms with Crippen molar-refractivity contribution in [3.8, 4) is 0 Å². The van der Waals surface area contributed by atoms with Gasteiger partial charge in [0.05, 0.1) is 0 Å². The zero-order valence-electron chi connectivity index (χ0n) is 17.3. The van der Waals surface area contributed by atoms with Crippen LogP contribution in [0.3, 0.4) is 0 Å². The van der Waals surface area contributed by atoms with Gasteiger partial charge in [-0.05, 0) is 37.1 Å². The maximum atomic E-state index is 12.3. The third kappa shape index (κ3) is 5.57. The molecule has 3 aromatic rings. The summed E-state index contributed by atoms with van der Waals surface area (Å²) in [6.07, 6.45) is 0. The van der Waals surface area contributed by atoms with Crippen LogP contribution in [0.1, 0.15) is 32.7 Å². The average Bonchev–Trinajstić information content (AvgIpc) is 2.73. The summed E-state index contributed by atoms with van der Waals surface area (Å²) in [4.78, 5) is 23.6. The highest BCUT2D eigenvalue weighted by Gasteiger charge is 2.11. The van der Waals surface area contributed by atoms with Gasteiger partial charge in [-0.25, -0.2) is 9.97 Å². The summed E-state index contributed by atoms with van der Waals surface area (Å²) in [5.74, 6) is 1.63. The molecule has 1 aromatic heterocycles. The van der Waals surface area contributed by atoms with Crippen molar-refractivity contribution in [3.05, 3.63) is 82.5 Å². The van der Waals surface area contributed by atoms with E-state index in [0.29, 0.717) is 12.1 Å². The quantitative estimate of drug-likeness (QED) is 0.466. The fourth-order valence-electron chi connectivity index (χ4n) is 2.87. The maximum Gasteiger partial charge on any atom is 0.251 e. The molecule has 0 bridgehead atoms. The number of aryl methyl sites for hydroxylation is 1. The van der Waals surface area contributed by atoms with Crippen molar-refractivity contribution in [1.29, 1.82) is 0 Å². The Labute approximate surface area is 176 Å². The lowest BCUT2D eigenvalue weighted by atomic mass is 10.1. The molecule has 0 saturated heterocycles. The number of nitrogens with one attached hydrogen (secondary N) is 1. The molecule has 1 N–H and O–H groups in total. The third-order valence-electron chi connectivity index (χ3n) is 4.65. The molecule has 0 fully saturated rings. The minimum absolute atomic E-state index is 0.0684. The van der Waals surface area contributed by atoms with E-state index in [2.05, 4.69) is 15.3 Å². The van der Waals surface area contributed by atoms with Crippen LogP contribution in [-0.2, 0) is 12.3 Å². The normalized spacial score (nSPS) is 10.6. The molecule has 0 spiro atoms. The lowest BCUT2D eigenvalue weighted by Crippen LogP contribution is -2.22. The standard InChI is InChI=1S/C23H26N4OS/c1-16-17(2)25-23(26-21(16)27(3)4)29-15-19-10-12-20(13-11-19)22(28)24-14-18-8-6-5-7-9-18/h5-13H,14-15H2,1-4H3,(H,24,28). The highest BCUT2D eigenvalue weighted by molar-refractivity contribution is 7.98. The van der Waals surface area contributed by atoms with Crippen LogP contribution < -0.4 is 10.2 Å². The molecule has 1 amide bonds. The Hall–Kier alpha value is -2.86. The van der Waals surface area contributed by atoms with Gasteiger partial charge in [0.1, 0.15) is 5.82 Å². The molecular formula is C23H26N4OS. The number of carbonyl (C=O) groups is 1. The van der Waals surface area contributed by atoms with Crippen molar-refractivity contribution in [2.45, 2.75) is 31.3 Å². The Bertz CT molecular complexity index is 972. The molecule has 3 rings (SSSR count). The van der Waals surface area contributed by atoms with E-state index < -0.39 is 0 Å². The van der Waals surface area contributed by atoms with Gasteiger partial charge < -0.3 is 10.2 Å². The van der Waals surface area contributed by atoms with Gasteiger partial charge in [0.2, 0.25) is 0 Å². The van der Waals surface area contributed by atoms with Crippen LogP contribution in [0, 0.1) is 13.8 Å². The lowest BCUT2D eigenvalue weighted by molar-refractivity contribution is 0.0951. The van der Waals surface area contributed by atoms with Gasteiger partial charge in [0.25, 0.3) is 5.91 Å². The molecule has 6 heteroatoms. The number of carbonyl (C=O) groups excluding carboxylic acids is 1. The molecule has 0 aliphatic carbocycles. The highest BCUT2D eigenvalue weighted by atomic mass is 32.2. The zero-order valence-corrected chi connectivity index (χ0v) is 18.1. The van der Waals surface area contributed by atoms with E-state index in [4.69, 9.17) is 0 Å². The molecule has 0 radical (unpaired) electrons. The number of nitrogens with zero attached hydrogens (tertiary/aromatic N) is 3. The number of thioether (sulfide) groups is 1. The molecular weight excluding hydrogens is 380 g/mol.